The Hall–Kier alpha value is -1.86. The van der Waals surface area contributed by atoms with Crippen LogP contribution in [0.15, 0.2) is 12.1 Å². The van der Waals surface area contributed by atoms with Gasteiger partial charge in [-0.1, -0.05) is 0 Å². The van der Waals surface area contributed by atoms with Crippen LogP contribution in [0.5, 0.6) is 5.75 Å². The lowest BCUT2D eigenvalue weighted by atomic mass is 10.3. The van der Waals surface area contributed by atoms with E-state index in [-0.39, 0.29) is 12.1 Å². The fraction of sp³-hybridized carbons (Fsp3) is 0.143. The first-order chi connectivity index (χ1) is 6.91. The van der Waals surface area contributed by atoms with Crippen LogP contribution in [0.1, 0.15) is 0 Å². The topological polar surface area (TPSA) is 52.4 Å². The number of benzene rings is 1. The van der Waals surface area contributed by atoms with Crippen molar-refractivity contribution in [1.29, 1.82) is 0 Å². The third kappa shape index (κ3) is 2.55. The van der Waals surface area contributed by atoms with Gasteiger partial charge in [0.05, 0.1) is 11.0 Å². The van der Waals surface area contributed by atoms with E-state index in [9.17, 15) is 27.7 Å². The molecule has 0 saturated carbocycles. The van der Waals surface area contributed by atoms with Crippen molar-refractivity contribution >= 4 is 5.69 Å². The summed E-state index contributed by atoms with van der Waals surface area (Å²) in [6, 6.07) is 0.368. The van der Waals surface area contributed by atoms with Crippen LogP contribution in [0.25, 0.3) is 0 Å². The fourth-order valence-corrected chi connectivity index (χ4v) is 0.844. The summed E-state index contributed by atoms with van der Waals surface area (Å²) < 4.78 is 52.5. The molecule has 4 nitrogen and oxygen atoms in total. The van der Waals surface area contributed by atoms with Gasteiger partial charge in [0.15, 0.2) is 11.6 Å². The van der Waals surface area contributed by atoms with Gasteiger partial charge in [0, 0.05) is 6.07 Å². The summed E-state index contributed by atoms with van der Waals surface area (Å²) in [6.07, 6.45) is 0. The van der Waals surface area contributed by atoms with Crippen molar-refractivity contribution in [1.82, 2.24) is 0 Å². The maximum atomic E-state index is 12.8. The molecule has 82 valence electrons. The van der Waals surface area contributed by atoms with Crippen molar-refractivity contribution in [2.24, 2.45) is 0 Å². The Morgan fingerprint density at radius 3 is 2.33 bits per heavy atom. The number of hydrogen-bond donors (Lipinski definition) is 0. The molecule has 0 fully saturated rings. The molecule has 0 aliphatic carbocycles. The van der Waals surface area contributed by atoms with E-state index < -0.39 is 34.6 Å². The van der Waals surface area contributed by atoms with Gasteiger partial charge in [-0.3, -0.25) is 10.1 Å². The molecule has 0 bridgehead atoms. The zero-order chi connectivity index (χ0) is 11.6. The van der Waals surface area contributed by atoms with Crippen molar-refractivity contribution in [3.05, 3.63) is 33.9 Å². The molecular weight excluding hydrogens is 222 g/mol. The van der Waals surface area contributed by atoms with Crippen LogP contribution in [-0.4, -0.2) is 11.5 Å². The van der Waals surface area contributed by atoms with E-state index in [1.165, 1.54) is 0 Å². The SMILES string of the molecule is O=[N+]([O-])c1cc(F)c(OC(F)F)cc1F. The highest BCUT2D eigenvalue weighted by atomic mass is 19.3. The zero-order valence-corrected chi connectivity index (χ0v) is 6.92. The zero-order valence-electron chi connectivity index (χ0n) is 6.92. The quantitative estimate of drug-likeness (QED) is 0.451. The smallest absolute Gasteiger partial charge is 0.387 e. The number of nitro groups is 1. The van der Waals surface area contributed by atoms with Crippen LogP contribution in [0.3, 0.4) is 0 Å². The van der Waals surface area contributed by atoms with E-state index >= 15 is 0 Å². The molecule has 0 radical (unpaired) electrons. The first-order valence-corrected chi connectivity index (χ1v) is 3.50. The maximum absolute atomic E-state index is 12.8. The monoisotopic (exact) mass is 225 g/mol. The number of ether oxygens (including phenoxy) is 1. The lowest BCUT2D eigenvalue weighted by Crippen LogP contribution is -2.05. The van der Waals surface area contributed by atoms with Crippen molar-refractivity contribution in [2.45, 2.75) is 6.61 Å². The maximum Gasteiger partial charge on any atom is 0.387 e. The summed E-state index contributed by atoms with van der Waals surface area (Å²) in [4.78, 5) is 8.94. The molecule has 0 spiro atoms. The van der Waals surface area contributed by atoms with E-state index in [0.29, 0.717) is 0 Å². The largest absolute Gasteiger partial charge is 0.432 e. The Labute approximate surface area is 80.2 Å². The van der Waals surface area contributed by atoms with E-state index in [1.807, 2.05) is 0 Å². The molecule has 0 unspecified atom stereocenters. The molecule has 0 atom stereocenters. The van der Waals surface area contributed by atoms with E-state index in [0.717, 1.165) is 0 Å². The number of alkyl halides is 2. The van der Waals surface area contributed by atoms with Crippen LogP contribution in [0.4, 0.5) is 23.2 Å². The lowest BCUT2D eigenvalue weighted by Gasteiger charge is -2.05. The molecular formula is C7H3F4NO3. The molecule has 1 rings (SSSR count). The molecule has 0 saturated heterocycles. The van der Waals surface area contributed by atoms with E-state index in [1.54, 1.807) is 0 Å². The molecule has 8 heteroatoms. The second kappa shape index (κ2) is 4.11. The molecule has 1 aromatic carbocycles. The molecule has 15 heavy (non-hydrogen) atoms. The minimum Gasteiger partial charge on any atom is -0.432 e. The van der Waals surface area contributed by atoms with Crippen molar-refractivity contribution in [3.63, 3.8) is 0 Å². The van der Waals surface area contributed by atoms with Gasteiger partial charge in [-0.2, -0.15) is 13.2 Å². The summed E-state index contributed by atoms with van der Waals surface area (Å²) >= 11 is 0. The highest BCUT2D eigenvalue weighted by molar-refractivity contribution is 5.39. The highest BCUT2D eigenvalue weighted by Gasteiger charge is 2.20. The fourth-order valence-electron chi connectivity index (χ4n) is 0.844. The van der Waals surface area contributed by atoms with E-state index in [4.69, 9.17) is 0 Å². The lowest BCUT2D eigenvalue weighted by molar-refractivity contribution is -0.387. The van der Waals surface area contributed by atoms with Gasteiger partial charge in [-0.15, -0.1) is 0 Å². The highest BCUT2D eigenvalue weighted by Crippen LogP contribution is 2.27. The molecule has 0 amide bonds. The molecule has 0 aliphatic rings. The van der Waals surface area contributed by atoms with Gasteiger partial charge in [0.2, 0.25) is 5.82 Å². The Balaban J connectivity index is 3.13. The minimum absolute atomic E-state index is 0.174. The van der Waals surface area contributed by atoms with Crippen molar-refractivity contribution < 1.29 is 27.2 Å². The van der Waals surface area contributed by atoms with Crippen LogP contribution >= 0.6 is 0 Å². The van der Waals surface area contributed by atoms with Crippen LogP contribution in [0, 0.1) is 21.7 Å². The van der Waals surface area contributed by atoms with Gasteiger partial charge in [0.1, 0.15) is 0 Å². The predicted molar refractivity (Wildman–Crippen MR) is 39.6 cm³/mol. The van der Waals surface area contributed by atoms with E-state index in [2.05, 4.69) is 4.74 Å². The van der Waals surface area contributed by atoms with Crippen LogP contribution in [-0.2, 0) is 0 Å². The number of rotatable bonds is 3. The normalized spacial score (nSPS) is 10.5. The van der Waals surface area contributed by atoms with Gasteiger partial charge >= 0.3 is 12.3 Å². The van der Waals surface area contributed by atoms with Crippen LogP contribution in [0.2, 0.25) is 0 Å². The summed E-state index contributed by atoms with van der Waals surface area (Å²) in [6.45, 7) is -3.33. The second-order valence-corrected chi connectivity index (χ2v) is 2.37. The molecule has 0 heterocycles. The summed E-state index contributed by atoms with van der Waals surface area (Å²) in [7, 11) is 0. The Kier molecular flexibility index (Phi) is 3.08. The van der Waals surface area contributed by atoms with Gasteiger partial charge in [-0.25, -0.2) is 4.39 Å². The Morgan fingerprint density at radius 1 is 1.27 bits per heavy atom. The van der Waals surface area contributed by atoms with Gasteiger partial charge in [0.25, 0.3) is 0 Å². The summed E-state index contributed by atoms with van der Waals surface area (Å²) in [5.74, 6) is -3.95. The number of nitro benzene ring substituents is 1. The standard InChI is InChI=1S/C7H3F4NO3/c8-3-2-6(15-7(10)11)4(9)1-5(3)12(13)14/h1-2,7H. The molecule has 0 aliphatic heterocycles. The van der Waals surface area contributed by atoms with Gasteiger partial charge in [-0.05, 0) is 0 Å². The number of halogens is 4. The predicted octanol–water partition coefficient (Wildman–Crippen LogP) is 2.47. The number of nitrogens with zero attached hydrogens (tertiary/aromatic N) is 1. The third-order valence-electron chi connectivity index (χ3n) is 1.41. The Morgan fingerprint density at radius 2 is 1.87 bits per heavy atom. The molecule has 1 aromatic rings. The van der Waals surface area contributed by atoms with Crippen molar-refractivity contribution in [3.8, 4) is 5.75 Å². The Bertz CT molecular complexity index is 396. The average molecular weight is 225 g/mol. The second-order valence-electron chi connectivity index (χ2n) is 2.37. The summed E-state index contributed by atoms with van der Waals surface area (Å²) in [5.41, 5.74) is -1.14. The van der Waals surface area contributed by atoms with Gasteiger partial charge < -0.3 is 4.74 Å². The first kappa shape index (κ1) is 11.2. The molecule has 0 N–H and O–H groups in total. The minimum atomic E-state index is -3.33. The summed E-state index contributed by atoms with van der Waals surface area (Å²) in [5, 5.41) is 10.1. The van der Waals surface area contributed by atoms with Crippen LogP contribution < -0.4 is 4.74 Å². The number of hydrogen-bond acceptors (Lipinski definition) is 3. The third-order valence-corrected chi connectivity index (χ3v) is 1.41. The van der Waals surface area contributed by atoms with Crippen molar-refractivity contribution in [2.75, 3.05) is 0 Å². The average Bonchev–Trinajstić information content (AvgIpc) is 2.09. The first-order valence-electron chi connectivity index (χ1n) is 3.50. The molecule has 0 aromatic heterocycles.